The van der Waals surface area contributed by atoms with Gasteiger partial charge in [0.15, 0.2) is 0 Å². The van der Waals surface area contributed by atoms with Crippen molar-refractivity contribution in [2.24, 2.45) is 5.10 Å². The largest absolute Gasteiger partial charge is 0.234 e. The van der Waals surface area contributed by atoms with Crippen molar-refractivity contribution < 1.29 is 0 Å². The van der Waals surface area contributed by atoms with Crippen LogP contribution in [0, 0.1) is 0 Å². The minimum Gasteiger partial charge on any atom is -0.159 e. The summed E-state index contributed by atoms with van der Waals surface area (Å²) in [6.45, 7) is 0. The predicted molar refractivity (Wildman–Crippen MR) is 39.0 cm³/mol. The maximum absolute atomic E-state index is 5.43. The highest BCUT2D eigenvalue weighted by Crippen LogP contribution is 2.34. The van der Waals surface area contributed by atoms with E-state index in [2.05, 4.69) is 10.5 Å². The van der Waals surface area contributed by atoms with Gasteiger partial charge in [0.2, 0.25) is 3.79 Å². The summed E-state index contributed by atoms with van der Waals surface area (Å²) >= 11 is 16.3. The Hall–Kier alpha value is 0.0800. The molecule has 1 radical (unpaired) electrons. The van der Waals surface area contributed by atoms with Crippen molar-refractivity contribution in [3.05, 3.63) is 11.8 Å². The fraction of sp³-hybridized carbons (Fsp3) is 0.250. The lowest BCUT2D eigenvalue weighted by Gasteiger charge is -2.08. The summed E-state index contributed by atoms with van der Waals surface area (Å²) in [5.74, 6) is 0. The molecule has 0 spiro atoms. The third-order valence-corrected chi connectivity index (χ3v) is 1.34. The zero-order valence-electron chi connectivity index (χ0n) is 4.18. The molecule has 0 saturated carbocycles. The molecular formula is C4H2Cl3N2. The Bertz CT molecular complexity index is 167. The molecule has 0 aromatic heterocycles. The van der Waals surface area contributed by atoms with Crippen LogP contribution in [0.1, 0.15) is 0 Å². The van der Waals surface area contributed by atoms with Crippen LogP contribution in [0.2, 0.25) is 0 Å². The summed E-state index contributed by atoms with van der Waals surface area (Å²) < 4.78 is -1.43. The van der Waals surface area contributed by atoms with E-state index in [9.17, 15) is 0 Å². The van der Waals surface area contributed by atoms with Gasteiger partial charge in [-0.3, -0.25) is 0 Å². The molecule has 0 N–H and O–H groups in total. The Labute approximate surface area is 67.5 Å². The van der Waals surface area contributed by atoms with Gasteiger partial charge in [-0.25, -0.2) is 0 Å². The average molecular weight is 184 g/mol. The summed E-state index contributed by atoms with van der Waals surface area (Å²) in [5, 5.41) is 3.49. The third kappa shape index (κ3) is 1.75. The molecule has 9 heavy (non-hydrogen) atoms. The Kier molecular flexibility index (Phi) is 1.89. The topological polar surface area (TPSA) is 26.5 Å². The number of halogens is 3. The van der Waals surface area contributed by atoms with Crippen molar-refractivity contribution >= 4 is 41.0 Å². The molecule has 1 aliphatic heterocycles. The van der Waals surface area contributed by atoms with Gasteiger partial charge in [-0.15, -0.1) is 0 Å². The molecule has 2 nitrogen and oxygen atoms in total. The smallest absolute Gasteiger partial charge is 0.159 e. The lowest BCUT2D eigenvalue weighted by molar-refractivity contribution is 0.868. The molecule has 1 heterocycles. The standard InChI is InChI=1S/C4H2Cl3N2/c5-4(6,7)3-1-2-8-9-3/h1-2H. The molecule has 49 valence electrons. The molecule has 0 aliphatic carbocycles. The number of alkyl halides is 3. The van der Waals surface area contributed by atoms with E-state index in [1.165, 1.54) is 6.21 Å². The molecule has 5 heteroatoms. The van der Waals surface area contributed by atoms with Gasteiger partial charge in [0, 0.05) is 0 Å². The Morgan fingerprint density at radius 1 is 1.33 bits per heavy atom. The van der Waals surface area contributed by atoms with E-state index < -0.39 is 3.79 Å². The van der Waals surface area contributed by atoms with Gasteiger partial charge in [-0.2, -0.15) is 10.5 Å². The van der Waals surface area contributed by atoms with Crippen LogP contribution in [0.25, 0.3) is 0 Å². The van der Waals surface area contributed by atoms with E-state index >= 15 is 0 Å². The fourth-order valence-corrected chi connectivity index (χ4v) is 0.686. The SMILES string of the molecule is ClC(Cl)(Cl)C1=CC=N[N]1. The zero-order chi connectivity index (χ0) is 6.91. The number of hydrogen-bond acceptors (Lipinski definition) is 1. The molecule has 0 bridgehead atoms. The highest BCUT2D eigenvalue weighted by atomic mass is 35.6. The first-order valence-electron chi connectivity index (χ1n) is 2.12. The van der Waals surface area contributed by atoms with Crippen LogP contribution >= 0.6 is 34.8 Å². The molecule has 0 atom stereocenters. The molecule has 1 aliphatic rings. The van der Waals surface area contributed by atoms with Gasteiger partial charge in [0.1, 0.15) is 5.70 Å². The number of rotatable bonds is 0. The molecule has 0 amide bonds. The number of allylic oxidation sites excluding steroid dienone is 2. The Morgan fingerprint density at radius 2 is 2.00 bits per heavy atom. The first-order chi connectivity index (χ1) is 4.11. The van der Waals surface area contributed by atoms with Gasteiger partial charge in [0.05, 0.1) is 6.21 Å². The minimum atomic E-state index is -1.43. The van der Waals surface area contributed by atoms with E-state index in [1.54, 1.807) is 6.08 Å². The van der Waals surface area contributed by atoms with Crippen LogP contribution in [-0.2, 0) is 0 Å². The second-order valence-electron chi connectivity index (χ2n) is 1.41. The highest BCUT2D eigenvalue weighted by molar-refractivity contribution is 6.69. The van der Waals surface area contributed by atoms with Crippen LogP contribution in [0.4, 0.5) is 0 Å². The van der Waals surface area contributed by atoms with E-state index in [0.717, 1.165) is 0 Å². The average Bonchev–Trinajstić information content (AvgIpc) is 2.08. The second-order valence-corrected chi connectivity index (χ2v) is 3.70. The lowest BCUT2D eigenvalue weighted by atomic mass is 10.5. The van der Waals surface area contributed by atoms with Gasteiger partial charge in [-0.05, 0) is 6.08 Å². The minimum absolute atomic E-state index is 0.354. The van der Waals surface area contributed by atoms with Crippen molar-refractivity contribution in [2.75, 3.05) is 0 Å². The quantitative estimate of drug-likeness (QED) is 0.514. The monoisotopic (exact) mass is 183 g/mol. The summed E-state index contributed by atoms with van der Waals surface area (Å²) in [6.07, 6.45) is 3.02. The van der Waals surface area contributed by atoms with Gasteiger partial charge >= 0.3 is 0 Å². The summed E-state index contributed by atoms with van der Waals surface area (Å²) in [4.78, 5) is 0. The highest BCUT2D eigenvalue weighted by Gasteiger charge is 2.28. The van der Waals surface area contributed by atoms with Crippen LogP contribution in [0.15, 0.2) is 16.9 Å². The van der Waals surface area contributed by atoms with E-state index in [4.69, 9.17) is 34.8 Å². The van der Waals surface area contributed by atoms with Crippen LogP contribution in [-0.4, -0.2) is 10.0 Å². The van der Waals surface area contributed by atoms with Crippen LogP contribution in [0.3, 0.4) is 0 Å². The maximum atomic E-state index is 5.43. The molecule has 0 saturated heterocycles. The maximum Gasteiger partial charge on any atom is 0.234 e. The Balaban J connectivity index is 2.66. The van der Waals surface area contributed by atoms with Crippen LogP contribution < -0.4 is 5.43 Å². The van der Waals surface area contributed by atoms with Crippen LogP contribution in [0.5, 0.6) is 0 Å². The fourth-order valence-electron chi connectivity index (χ4n) is 0.384. The predicted octanol–water partition coefficient (Wildman–Crippen LogP) is 1.84. The first-order valence-corrected chi connectivity index (χ1v) is 3.25. The second kappa shape index (κ2) is 2.37. The number of nitrogens with zero attached hydrogens (tertiary/aromatic N) is 2. The molecule has 0 aromatic rings. The summed E-state index contributed by atoms with van der Waals surface area (Å²) in [7, 11) is 0. The van der Waals surface area contributed by atoms with Crippen molar-refractivity contribution in [3.8, 4) is 0 Å². The third-order valence-electron chi connectivity index (χ3n) is 0.755. The summed E-state index contributed by atoms with van der Waals surface area (Å²) in [5.41, 5.74) is 3.90. The molecule has 0 fully saturated rings. The first kappa shape index (κ1) is 7.19. The lowest BCUT2D eigenvalue weighted by Crippen LogP contribution is -2.11. The molecular weight excluding hydrogens is 182 g/mol. The van der Waals surface area contributed by atoms with Crippen molar-refractivity contribution in [3.63, 3.8) is 0 Å². The zero-order valence-corrected chi connectivity index (χ0v) is 6.45. The van der Waals surface area contributed by atoms with Gasteiger partial charge < -0.3 is 0 Å². The van der Waals surface area contributed by atoms with Crippen molar-refractivity contribution in [2.45, 2.75) is 3.79 Å². The number of hydrogen-bond donors (Lipinski definition) is 0. The van der Waals surface area contributed by atoms with E-state index in [-0.39, 0.29) is 0 Å². The van der Waals surface area contributed by atoms with Gasteiger partial charge in [-0.1, -0.05) is 34.8 Å². The molecule has 0 aromatic carbocycles. The van der Waals surface area contributed by atoms with Crippen molar-refractivity contribution in [1.82, 2.24) is 5.43 Å². The van der Waals surface area contributed by atoms with Crippen molar-refractivity contribution in [1.29, 1.82) is 0 Å². The molecule has 0 unspecified atom stereocenters. The van der Waals surface area contributed by atoms with E-state index in [1.807, 2.05) is 0 Å². The molecule has 1 rings (SSSR count). The Morgan fingerprint density at radius 3 is 2.22 bits per heavy atom. The summed E-state index contributed by atoms with van der Waals surface area (Å²) in [6, 6.07) is 0. The van der Waals surface area contributed by atoms with E-state index in [0.29, 0.717) is 5.70 Å². The normalized spacial score (nSPS) is 17.4. The van der Waals surface area contributed by atoms with Gasteiger partial charge in [0.25, 0.3) is 0 Å².